The number of nitro groups is 1. The van der Waals surface area contributed by atoms with Gasteiger partial charge in [0.2, 0.25) is 0 Å². The molecule has 1 N–H and O–H groups in total. The fourth-order valence-electron chi connectivity index (χ4n) is 2.58. The first-order valence-electron chi connectivity index (χ1n) is 6.93. The molecule has 4 nitrogen and oxygen atoms in total. The smallest absolute Gasteiger partial charge is 0.272 e. The highest BCUT2D eigenvalue weighted by atomic mass is 16.6. The largest absolute Gasteiger partial charge is 0.314 e. The van der Waals surface area contributed by atoms with E-state index in [4.69, 9.17) is 0 Å². The number of nitrogens with zero attached hydrogens (tertiary/aromatic N) is 1. The van der Waals surface area contributed by atoms with Crippen LogP contribution in [-0.2, 0) is 6.42 Å². The van der Waals surface area contributed by atoms with E-state index in [-0.39, 0.29) is 10.6 Å². The second-order valence-corrected chi connectivity index (χ2v) is 5.34. The molecule has 0 aliphatic rings. The van der Waals surface area contributed by atoms with Crippen molar-refractivity contribution < 1.29 is 4.92 Å². The standard InChI is InChI=1S/C15H24N2O2/c1-5-16-12(4)14(11(2)3)10-13-8-6-7-9-15(13)17(18)19/h6-9,11-12,14,16H,5,10H2,1-4H3. The minimum Gasteiger partial charge on any atom is -0.314 e. The van der Waals surface area contributed by atoms with Crippen molar-refractivity contribution in [1.82, 2.24) is 5.32 Å². The molecule has 0 aromatic heterocycles. The lowest BCUT2D eigenvalue weighted by atomic mass is 9.83. The molecule has 2 atom stereocenters. The van der Waals surface area contributed by atoms with Gasteiger partial charge in [-0.05, 0) is 31.7 Å². The van der Waals surface area contributed by atoms with Gasteiger partial charge in [-0.15, -0.1) is 0 Å². The van der Waals surface area contributed by atoms with Crippen molar-refractivity contribution in [3.8, 4) is 0 Å². The van der Waals surface area contributed by atoms with Gasteiger partial charge < -0.3 is 5.32 Å². The summed E-state index contributed by atoms with van der Waals surface area (Å²) in [4.78, 5) is 10.8. The molecule has 0 saturated carbocycles. The van der Waals surface area contributed by atoms with Gasteiger partial charge in [0, 0.05) is 17.7 Å². The van der Waals surface area contributed by atoms with Crippen molar-refractivity contribution in [3.05, 3.63) is 39.9 Å². The number of nitrogens with one attached hydrogen (secondary N) is 1. The fourth-order valence-corrected chi connectivity index (χ4v) is 2.58. The highest BCUT2D eigenvalue weighted by Gasteiger charge is 2.24. The van der Waals surface area contributed by atoms with Crippen LogP contribution in [0.2, 0.25) is 0 Å². The summed E-state index contributed by atoms with van der Waals surface area (Å²) in [6.07, 6.45) is 0.739. The molecule has 0 fully saturated rings. The highest BCUT2D eigenvalue weighted by molar-refractivity contribution is 5.40. The average molecular weight is 264 g/mol. The topological polar surface area (TPSA) is 55.2 Å². The van der Waals surface area contributed by atoms with E-state index in [0.717, 1.165) is 18.5 Å². The normalized spacial score (nSPS) is 14.4. The predicted molar refractivity (Wildman–Crippen MR) is 78.3 cm³/mol. The maximum Gasteiger partial charge on any atom is 0.272 e. The first-order chi connectivity index (χ1) is 8.97. The number of nitro benzene ring substituents is 1. The van der Waals surface area contributed by atoms with Crippen molar-refractivity contribution in [1.29, 1.82) is 0 Å². The molecule has 19 heavy (non-hydrogen) atoms. The van der Waals surface area contributed by atoms with Crippen LogP contribution in [0.3, 0.4) is 0 Å². The Kier molecular flexibility index (Phi) is 5.96. The van der Waals surface area contributed by atoms with Gasteiger partial charge in [-0.2, -0.15) is 0 Å². The molecule has 0 spiro atoms. The van der Waals surface area contributed by atoms with E-state index in [1.54, 1.807) is 12.1 Å². The second-order valence-electron chi connectivity index (χ2n) is 5.34. The van der Waals surface area contributed by atoms with Crippen molar-refractivity contribution in [2.24, 2.45) is 11.8 Å². The third-order valence-corrected chi connectivity index (χ3v) is 3.67. The molecular weight excluding hydrogens is 240 g/mol. The Balaban J connectivity index is 2.94. The quantitative estimate of drug-likeness (QED) is 0.606. The molecule has 0 aliphatic heterocycles. The van der Waals surface area contributed by atoms with Gasteiger partial charge in [0.15, 0.2) is 0 Å². The van der Waals surface area contributed by atoms with Crippen LogP contribution >= 0.6 is 0 Å². The van der Waals surface area contributed by atoms with Gasteiger partial charge >= 0.3 is 0 Å². The van der Waals surface area contributed by atoms with Crippen LogP contribution in [0.5, 0.6) is 0 Å². The van der Waals surface area contributed by atoms with Gasteiger partial charge in [-0.3, -0.25) is 10.1 Å². The highest BCUT2D eigenvalue weighted by Crippen LogP contribution is 2.26. The number of hydrogen-bond donors (Lipinski definition) is 1. The first kappa shape index (κ1) is 15.6. The molecule has 0 saturated heterocycles. The Labute approximate surface area is 115 Å². The maximum atomic E-state index is 11.1. The van der Waals surface area contributed by atoms with Crippen LogP contribution in [-0.4, -0.2) is 17.5 Å². The van der Waals surface area contributed by atoms with Crippen LogP contribution in [0.25, 0.3) is 0 Å². The molecule has 0 aliphatic carbocycles. The van der Waals surface area contributed by atoms with E-state index < -0.39 is 0 Å². The Hall–Kier alpha value is -1.42. The lowest BCUT2D eigenvalue weighted by molar-refractivity contribution is -0.385. The monoisotopic (exact) mass is 264 g/mol. The van der Waals surface area contributed by atoms with E-state index in [1.807, 2.05) is 12.1 Å². The van der Waals surface area contributed by atoms with Gasteiger partial charge in [0.25, 0.3) is 5.69 Å². The van der Waals surface area contributed by atoms with Crippen molar-refractivity contribution in [2.75, 3.05) is 6.54 Å². The van der Waals surface area contributed by atoms with E-state index >= 15 is 0 Å². The summed E-state index contributed by atoms with van der Waals surface area (Å²) in [6.45, 7) is 9.50. The molecule has 0 amide bonds. The van der Waals surface area contributed by atoms with Gasteiger partial charge in [-0.25, -0.2) is 0 Å². The van der Waals surface area contributed by atoms with Gasteiger partial charge in [-0.1, -0.05) is 39.0 Å². The third kappa shape index (κ3) is 4.31. The minimum atomic E-state index is -0.287. The number of hydrogen-bond acceptors (Lipinski definition) is 3. The zero-order valence-corrected chi connectivity index (χ0v) is 12.2. The third-order valence-electron chi connectivity index (χ3n) is 3.67. The van der Waals surface area contributed by atoms with Crippen molar-refractivity contribution in [2.45, 2.75) is 40.2 Å². The summed E-state index contributed by atoms with van der Waals surface area (Å²) in [5, 5.41) is 14.5. The van der Waals surface area contributed by atoms with E-state index in [9.17, 15) is 10.1 Å². The molecule has 1 aromatic carbocycles. The number of rotatable bonds is 7. The van der Waals surface area contributed by atoms with E-state index in [1.165, 1.54) is 0 Å². The Morgan fingerprint density at radius 3 is 2.42 bits per heavy atom. The molecular formula is C15H24N2O2. The second kappa shape index (κ2) is 7.24. The molecule has 1 aromatic rings. The molecule has 0 bridgehead atoms. The molecule has 0 heterocycles. The molecule has 0 radical (unpaired) electrons. The van der Waals surface area contributed by atoms with E-state index in [0.29, 0.717) is 17.9 Å². The SMILES string of the molecule is CCNC(C)C(Cc1ccccc1[N+](=O)[O-])C(C)C. The van der Waals surface area contributed by atoms with Crippen LogP contribution in [0.1, 0.15) is 33.3 Å². The molecule has 2 unspecified atom stereocenters. The number of para-hydroxylation sites is 1. The zero-order valence-electron chi connectivity index (χ0n) is 12.2. The van der Waals surface area contributed by atoms with Gasteiger partial charge in [0.1, 0.15) is 0 Å². The molecule has 4 heteroatoms. The molecule has 106 valence electrons. The maximum absolute atomic E-state index is 11.1. The first-order valence-corrected chi connectivity index (χ1v) is 6.93. The minimum absolute atomic E-state index is 0.233. The Morgan fingerprint density at radius 1 is 1.26 bits per heavy atom. The lowest BCUT2D eigenvalue weighted by Crippen LogP contribution is -2.37. The number of benzene rings is 1. The van der Waals surface area contributed by atoms with Crippen molar-refractivity contribution in [3.63, 3.8) is 0 Å². The molecule has 1 rings (SSSR count). The van der Waals surface area contributed by atoms with Crippen LogP contribution < -0.4 is 5.32 Å². The van der Waals surface area contributed by atoms with Crippen LogP contribution in [0.4, 0.5) is 5.69 Å². The Bertz CT molecular complexity index is 418. The zero-order chi connectivity index (χ0) is 14.4. The van der Waals surface area contributed by atoms with Crippen molar-refractivity contribution >= 4 is 5.69 Å². The summed E-state index contributed by atoms with van der Waals surface area (Å²) in [5.74, 6) is 0.870. The fraction of sp³-hybridized carbons (Fsp3) is 0.600. The van der Waals surface area contributed by atoms with Crippen LogP contribution in [0, 0.1) is 22.0 Å². The summed E-state index contributed by atoms with van der Waals surface area (Å²) in [6, 6.07) is 7.40. The van der Waals surface area contributed by atoms with Crippen LogP contribution in [0.15, 0.2) is 24.3 Å². The lowest BCUT2D eigenvalue weighted by Gasteiger charge is -2.28. The Morgan fingerprint density at radius 2 is 1.89 bits per heavy atom. The van der Waals surface area contributed by atoms with Gasteiger partial charge in [0.05, 0.1) is 4.92 Å². The predicted octanol–water partition coefficient (Wildman–Crippen LogP) is 3.41. The van der Waals surface area contributed by atoms with E-state index in [2.05, 4.69) is 33.0 Å². The summed E-state index contributed by atoms with van der Waals surface area (Å²) >= 11 is 0. The summed E-state index contributed by atoms with van der Waals surface area (Å²) in [5.41, 5.74) is 1.06. The average Bonchev–Trinajstić information content (AvgIpc) is 2.36. The summed E-state index contributed by atoms with van der Waals surface area (Å²) in [7, 11) is 0. The summed E-state index contributed by atoms with van der Waals surface area (Å²) < 4.78 is 0.